The Morgan fingerprint density at radius 1 is 0.763 bits per heavy atom. The lowest BCUT2D eigenvalue weighted by Gasteiger charge is -2.38. The predicted octanol–water partition coefficient (Wildman–Crippen LogP) is 7.55. The molecule has 59 heavy (non-hydrogen) atoms. The maximum Gasteiger partial charge on any atom is 0.429 e. The number of nitrogens with one attached hydrogen (secondary N) is 4. The SMILES string of the molecule is CNCCC(C(=O)N(c1ccc2c(=O)[nH]cnc2c1)N(CCCC(C(=O)Nc1ccc2c(=O)[nH]cnc2c1)c1ccc(Cl)cc1)C(=O)OC(C)(C)C)c1ccc(Cl)cc1. The second-order valence-corrected chi connectivity index (χ2v) is 15.8. The van der Waals surface area contributed by atoms with E-state index < -0.39 is 29.4 Å². The van der Waals surface area contributed by atoms with Crippen molar-refractivity contribution in [1.82, 2.24) is 30.3 Å². The summed E-state index contributed by atoms with van der Waals surface area (Å²) in [5.41, 5.74) is 1.14. The molecule has 6 aromatic rings. The number of rotatable bonds is 13. The van der Waals surface area contributed by atoms with Gasteiger partial charge in [0.05, 0.1) is 52.0 Å². The van der Waals surface area contributed by atoms with Gasteiger partial charge in [0.25, 0.3) is 17.0 Å². The van der Waals surface area contributed by atoms with E-state index in [0.29, 0.717) is 61.6 Å². The third-order valence-corrected chi connectivity index (χ3v) is 10.0. The molecule has 16 heteroatoms. The molecule has 306 valence electrons. The van der Waals surface area contributed by atoms with Crippen LogP contribution in [0.1, 0.15) is 63.0 Å². The Bertz CT molecular complexity index is 2570. The van der Waals surface area contributed by atoms with Crippen molar-refractivity contribution in [2.45, 2.75) is 57.5 Å². The predicted molar refractivity (Wildman–Crippen MR) is 230 cm³/mol. The summed E-state index contributed by atoms with van der Waals surface area (Å²) in [5, 5.41) is 10.3. The van der Waals surface area contributed by atoms with Crippen LogP contribution in [-0.2, 0) is 14.3 Å². The summed E-state index contributed by atoms with van der Waals surface area (Å²) in [6.45, 7) is 5.58. The Hall–Kier alpha value is -6.09. The highest BCUT2D eigenvalue weighted by Crippen LogP contribution is 2.32. The largest absolute Gasteiger partial charge is 0.442 e. The molecular formula is C43H44Cl2N8O6. The summed E-state index contributed by atoms with van der Waals surface area (Å²) in [5.74, 6) is -2.30. The van der Waals surface area contributed by atoms with Crippen LogP contribution in [0.3, 0.4) is 0 Å². The van der Waals surface area contributed by atoms with E-state index in [1.165, 1.54) is 22.7 Å². The van der Waals surface area contributed by atoms with E-state index in [2.05, 4.69) is 30.6 Å². The highest BCUT2D eigenvalue weighted by Gasteiger charge is 2.36. The van der Waals surface area contributed by atoms with Crippen LogP contribution in [0, 0.1) is 0 Å². The molecule has 0 bridgehead atoms. The molecule has 0 saturated carbocycles. The van der Waals surface area contributed by atoms with Gasteiger partial charge in [0.1, 0.15) is 5.60 Å². The van der Waals surface area contributed by atoms with Gasteiger partial charge >= 0.3 is 6.09 Å². The van der Waals surface area contributed by atoms with E-state index >= 15 is 4.79 Å². The molecule has 0 fully saturated rings. The van der Waals surface area contributed by atoms with Crippen LogP contribution in [0.5, 0.6) is 0 Å². The number of hydrogen-bond donors (Lipinski definition) is 4. The zero-order valence-corrected chi connectivity index (χ0v) is 34.4. The number of amides is 3. The number of ether oxygens (including phenoxy) is 1. The summed E-state index contributed by atoms with van der Waals surface area (Å²) in [4.78, 5) is 82.3. The quantitative estimate of drug-likeness (QED) is 0.0854. The van der Waals surface area contributed by atoms with Gasteiger partial charge in [-0.05, 0) is 125 Å². The number of H-pyrrole nitrogens is 2. The fourth-order valence-corrected chi connectivity index (χ4v) is 6.94. The summed E-state index contributed by atoms with van der Waals surface area (Å²) < 4.78 is 5.94. The average Bonchev–Trinajstić information content (AvgIpc) is 3.19. The molecular weight excluding hydrogens is 795 g/mol. The molecule has 0 radical (unpaired) electrons. The van der Waals surface area contributed by atoms with Crippen molar-refractivity contribution in [3.8, 4) is 0 Å². The molecule has 0 aliphatic heterocycles. The minimum atomic E-state index is -0.949. The van der Waals surface area contributed by atoms with Gasteiger partial charge < -0.3 is 25.3 Å². The van der Waals surface area contributed by atoms with Crippen LogP contribution in [0.25, 0.3) is 21.8 Å². The normalized spacial score (nSPS) is 12.5. The first kappa shape index (κ1) is 42.5. The zero-order valence-electron chi connectivity index (χ0n) is 32.9. The number of anilines is 2. The molecule has 0 aliphatic carbocycles. The Labute approximate surface area is 349 Å². The lowest BCUT2D eigenvalue weighted by molar-refractivity contribution is -0.123. The van der Waals surface area contributed by atoms with Gasteiger partial charge in [0.2, 0.25) is 5.91 Å². The smallest absolute Gasteiger partial charge is 0.429 e. The summed E-state index contributed by atoms with van der Waals surface area (Å²) in [7, 11) is 1.78. The third-order valence-electron chi connectivity index (χ3n) is 9.54. The van der Waals surface area contributed by atoms with Crippen LogP contribution in [-0.4, -0.2) is 68.6 Å². The van der Waals surface area contributed by atoms with Crippen molar-refractivity contribution in [3.05, 3.63) is 139 Å². The molecule has 2 aromatic heterocycles. The lowest BCUT2D eigenvalue weighted by Crippen LogP contribution is -2.53. The Balaban J connectivity index is 1.39. The molecule has 14 nitrogen and oxygen atoms in total. The maximum absolute atomic E-state index is 15.1. The van der Waals surface area contributed by atoms with E-state index in [1.807, 2.05) is 0 Å². The molecule has 3 amide bonds. The number of halogens is 2. The van der Waals surface area contributed by atoms with Gasteiger partial charge in [-0.15, -0.1) is 0 Å². The molecule has 0 spiro atoms. The number of hydrogen-bond acceptors (Lipinski definition) is 9. The number of carbonyl (C=O) groups excluding carboxylic acids is 3. The second-order valence-electron chi connectivity index (χ2n) is 14.9. The number of nitrogens with zero attached hydrogens (tertiary/aromatic N) is 4. The first-order valence-corrected chi connectivity index (χ1v) is 19.7. The number of aromatic nitrogens is 4. The average molecular weight is 840 g/mol. The molecule has 2 heterocycles. The van der Waals surface area contributed by atoms with Crippen molar-refractivity contribution >= 4 is 74.3 Å². The number of fused-ring (bicyclic) bond motifs is 2. The number of benzene rings is 4. The molecule has 0 saturated heterocycles. The van der Waals surface area contributed by atoms with E-state index in [1.54, 1.807) is 113 Å². The standard InChI is InChI=1S/C43H44Cl2N8O6/c1-43(2,3)59-42(58)52(21-5-6-32(26-7-11-28(44)12-8-26)40(56)51-30-15-17-34-36(22-30)47-24-49-38(34)54)53(31-16-18-35-37(23-31)48-25-50-39(35)55)41(57)33(19-20-46-4)27-9-13-29(45)14-10-27/h7-18,22-25,32-33,46H,5-6,19-21H2,1-4H3,(H,51,56)(H,47,49,54)(H,48,50,55). The summed E-state index contributed by atoms with van der Waals surface area (Å²) in [6, 6.07) is 23.4. The Morgan fingerprint density at radius 2 is 1.32 bits per heavy atom. The number of hydrazine groups is 1. The monoisotopic (exact) mass is 838 g/mol. The highest BCUT2D eigenvalue weighted by atomic mass is 35.5. The van der Waals surface area contributed by atoms with Crippen molar-refractivity contribution in [3.63, 3.8) is 0 Å². The maximum atomic E-state index is 15.1. The van der Waals surface area contributed by atoms with Gasteiger partial charge in [-0.25, -0.2) is 24.8 Å². The van der Waals surface area contributed by atoms with Gasteiger partial charge in [-0.1, -0.05) is 47.5 Å². The Kier molecular flexibility index (Phi) is 13.4. The molecule has 0 aliphatic rings. The Morgan fingerprint density at radius 3 is 1.90 bits per heavy atom. The van der Waals surface area contributed by atoms with Crippen LogP contribution < -0.4 is 26.8 Å². The third kappa shape index (κ3) is 10.5. The van der Waals surface area contributed by atoms with E-state index in [0.717, 1.165) is 0 Å². The molecule has 4 N–H and O–H groups in total. The fraction of sp³-hybridized carbons (Fsp3) is 0.279. The van der Waals surface area contributed by atoms with Crippen molar-refractivity contribution in [2.24, 2.45) is 0 Å². The van der Waals surface area contributed by atoms with Crippen molar-refractivity contribution in [1.29, 1.82) is 0 Å². The molecule has 4 aromatic carbocycles. The van der Waals surface area contributed by atoms with Crippen LogP contribution in [0.4, 0.5) is 16.2 Å². The zero-order chi connectivity index (χ0) is 42.3. The van der Waals surface area contributed by atoms with E-state index in [-0.39, 0.29) is 42.1 Å². The summed E-state index contributed by atoms with van der Waals surface area (Å²) >= 11 is 12.5. The van der Waals surface area contributed by atoms with Crippen LogP contribution in [0.2, 0.25) is 10.0 Å². The van der Waals surface area contributed by atoms with Crippen molar-refractivity contribution < 1.29 is 19.1 Å². The van der Waals surface area contributed by atoms with E-state index in [4.69, 9.17) is 27.9 Å². The number of aromatic amines is 2. The van der Waals surface area contributed by atoms with Gasteiger partial charge in [-0.3, -0.25) is 19.2 Å². The number of carbonyl (C=O) groups is 3. The van der Waals surface area contributed by atoms with Gasteiger partial charge in [0.15, 0.2) is 0 Å². The minimum absolute atomic E-state index is 0.0686. The van der Waals surface area contributed by atoms with Crippen molar-refractivity contribution in [2.75, 3.05) is 30.5 Å². The second kappa shape index (κ2) is 18.7. The van der Waals surface area contributed by atoms with E-state index in [9.17, 15) is 19.2 Å². The fourth-order valence-electron chi connectivity index (χ4n) is 6.69. The highest BCUT2D eigenvalue weighted by molar-refractivity contribution is 6.30. The van der Waals surface area contributed by atoms with Gasteiger partial charge in [0, 0.05) is 22.3 Å². The van der Waals surface area contributed by atoms with Gasteiger partial charge in [-0.2, -0.15) is 0 Å². The first-order chi connectivity index (χ1) is 28.2. The minimum Gasteiger partial charge on any atom is -0.442 e. The molecule has 2 unspecified atom stereocenters. The van der Waals surface area contributed by atoms with Crippen LogP contribution >= 0.6 is 23.2 Å². The molecule has 6 rings (SSSR count). The molecule has 2 atom stereocenters. The summed E-state index contributed by atoms with van der Waals surface area (Å²) in [6.07, 6.45) is 2.55. The topological polar surface area (TPSA) is 182 Å². The first-order valence-electron chi connectivity index (χ1n) is 19.0. The van der Waals surface area contributed by atoms with Crippen LogP contribution in [0.15, 0.2) is 107 Å². The lowest BCUT2D eigenvalue weighted by atomic mass is 9.93.